The minimum absolute atomic E-state index is 0.501. The van der Waals surface area contributed by atoms with Crippen molar-refractivity contribution >= 4 is 17.8 Å². The topological polar surface area (TPSA) is 40.0 Å². The summed E-state index contributed by atoms with van der Waals surface area (Å²) in [5, 5.41) is 4.48. The number of rotatable bonds is 7. The Kier molecular flexibility index (Phi) is 6.62. The lowest BCUT2D eigenvalue weighted by atomic mass is 10.2. The maximum absolute atomic E-state index is 5.76. The van der Waals surface area contributed by atoms with E-state index in [9.17, 15) is 0 Å². The van der Waals surface area contributed by atoms with Gasteiger partial charge in [0.25, 0.3) is 0 Å². The molecule has 0 fully saturated rings. The lowest BCUT2D eigenvalue weighted by Crippen LogP contribution is -2.18. The van der Waals surface area contributed by atoms with E-state index in [0.717, 1.165) is 5.56 Å². The molecule has 4 nitrogen and oxygen atoms in total. The fourth-order valence-corrected chi connectivity index (χ4v) is 1.20. The molecular weight excluding hydrogens is 242 g/mol. The molecule has 5 heteroatoms. The third kappa shape index (κ3) is 5.68. The van der Waals surface area contributed by atoms with Crippen molar-refractivity contribution in [3.63, 3.8) is 0 Å². The molecule has 0 amide bonds. The van der Waals surface area contributed by atoms with Crippen molar-refractivity contribution in [3.8, 4) is 0 Å². The minimum atomic E-state index is -0.756. The average Bonchev–Trinajstić information content (AvgIpc) is 2.32. The van der Waals surface area contributed by atoms with Gasteiger partial charge in [0.05, 0.1) is 19.4 Å². The molecule has 0 N–H and O–H groups in total. The quantitative estimate of drug-likeness (QED) is 0.428. The normalized spacial score (nSPS) is 11.3. The van der Waals surface area contributed by atoms with E-state index in [2.05, 4.69) is 5.16 Å². The smallest absolute Gasteiger partial charge is 0.335 e. The van der Waals surface area contributed by atoms with Gasteiger partial charge in [0.15, 0.2) is 0 Å². The van der Waals surface area contributed by atoms with E-state index >= 15 is 0 Å². The van der Waals surface area contributed by atoms with Crippen molar-refractivity contribution in [2.24, 2.45) is 5.16 Å². The van der Waals surface area contributed by atoms with Crippen molar-refractivity contribution in [2.75, 3.05) is 13.2 Å². The van der Waals surface area contributed by atoms with Gasteiger partial charge in [-0.15, -0.1) is 0 Å². The van der Waals surface area contributed by atoms with Crippen LogP contribution in [0.4, 0.5) is 0 Å². The Morgan fingerprint density at radius 1 is 1.18 bits per heavy atom. The zero-order chi connectivity index (χ0) is 12.5. The summed E-state index contributed by atoms with van der Waals surface area (Å²) in [6.45, 7) is 3.97. The van der Waals surface area contributed by atoms with Crippen LogP contribution in [-0.4, -0.2) is 25.9 Å². The molecule has 0 saturated heterocycles. The predicted octanol–water partition coefficient (Wildman–Crippen LogP) is 3.05. The number of hydrogen-bond donors (Lipinski definition) is 0. The standard InChI is InChI=1S/C12H16ClNO3/c1-3-15-12(16-4-2)17-14-9-10-5-7-11(13)8-6-10/h5-9,12H,3-4H2,1-2H3. The van der Waals surface area contributed by atoms with Crippen LogP contribution in [0.15, 0.2) is 29.4 Å². The lowest BCUT2D eigenvalue weighted by molar-refractivity contribution is -0.285. The minimum Gasteiger partial charge on any atom is -0.335 e. The Hall–Kier alpha value is -1.10. The Bertz CT molecular complexity index is 334. The molecule has 0 spiro atoms. The van der Waals surface area contributed by atoms with Crippen molar-refractivity contribution in [3.05, 3.63) is 34.9 Å². The molecule has 0 aliphatic heterocycles. The first-order chi connectivity index (χ1) is 8.26. The number of ether oxygens (including phenoxy) is 2. The average molecular weight is 258 g/mol. The predicted molar refractivity (Wildman–Crippen MR) is 67.2 cm³/mol. The first-order valence-corrected chi connectivity index (χ1v) is 5.82. The fraction of sp³-hybridized carbons (Fsp3) is 0.417. The van der Waals surface area contributed by atoms with E-state index in [0.29, 0.717) is 18.2 Å². The first kappa shape index (κ1) is 14.0. The molecule has 0 saturated carbocycles. The second-order valence-electron chi connectivity index (χ2n) is 3.09. The summed E-state index contributed by atoms with van der Waals surface area (Å²) >= 11 is 5.76. The van der Waals surface area contributed by atoms with Crippen molar-refractivity contribution < 1.29 is 14.3 Å². The molecule has 0 radical (unpaired) electrons. The largest absolute Gasteiger partial charge is 0.339 e. The number of benzene rings is 1. The van der Waals surface area contributed by atoms with Gasteiger partial charge in [-0.25, -0.2) is 0 Å². The molecule has 0 aliphatic carbocycles. The third-order valence-electron chi connectivity index (χ3n) is 1.82. The van der Waals surface area contributed by atoms with Crippen LogP contribution in [0.3, 0.4) is 0 Å². The summed E-state index contributed by atoms with van der Waals surface area (Å²) in [6.07, 6.45) is 1.57. The molecule has 0 aromatic heterocycles. The molecule has 1 rings (SSSR count). The number of oxime groups is 1. The van der Waals surface area contributed by atoms with Gasteiger partial charge < -0.3 is 14.3 Å². The molecule has 0 bridgehead atoms. The second-order valence-corrected chi connectivity index (χ2v) is 3.53. The first-order valence-electron chi connectivity index (χ1n) is 5.44. The summed E-state index contributed by atoms with van der Waals surface area (Å²) < 4.78 is 10.3. The van der Waals surface area contributed by atoms with Crippen LogP contribution in [0.1, 0.15) is 19.4 Å². The molecule has 1 aromatic carbocycles. The van der Waals surface area contributed by atoms with Crippen molar-refractivity contribution in [2.45, 2.75) is 20.3 Å². The van der Waals surface area contributed by atoms with Crippen LogP contribution in [0.2, 0.25) is 5.02 Å². The lowest BCUT2D eigenvalue weighted by Gasteiger charge is -2.13. The van der Waals surface area contributed by atoms with Crippen LogP contribution in [0.5, 0.6) is 0 Å². The molecule has 0 aliphatic rings. The van der Waals surface area contributed by atoms with Gasteiger partial charge in [0.2, 0.25) is 0 Å². The molecular formula is C12H16ClNO3. The molecule has 1 aromatic rings. The maximum Gasteiger partial charge on any atom is 0.339 e. The number of hydrogen-bond acceptors (Lipinski definition) is 4. The van der Waals surface area contributed by atoms with Gasteiger partial charge in [-0.1, -0.05) is 28.9 Å². The van der Waals surface area contributed by atoms with Gasteiger partial charge in [0.1, 0.15) is 0 Å². The summed E-state index contributed by atoms with van der Waals surface area (Å²) in [4.78, 5) is 5.05. The van der Waals surface area contributed by atoms with Gasteiger partial charge in [-0.05, 0) is 31.5 Å². The number of nitrogens with zero attached hydrogens (tertiary/aromatic N) is 1. The summed E-state index contributed by atoms with van der Waals surface area (Å²) in [5.74, 6) is 0. The molecule has 0 unspecified atom stereocenters. The highest BCUT2D eigenvalue weighted by Gasteiger charge is 2.06. The maximum atomic E-state index is 5.76. The van der Waals surface area contributed by atoms with Crippen LogP contribution in [-0.2, 0) is 14.3 Å². The molecule has 17 heavy (non-hydrogen) atoms. The Balaban J connectivity index is 2.44. The summed E-state index contributed by atoms with van der Waals surface area (Å²) in [7, 11) is 0. The highest BCUT2D eigenvalue weighted by molar-refractivity contribution is 6.30. The second kappa shape index (κ2) is 8.06. The third-order valence-corrected chi connectivity index (χ3v) is 2.08. The highest BCUT2D eigenvalue weighted by atomic mass is 35.5. The SMILES string of the molecule is CCOC(OCC)ON=Cc1ccc(Cl)cc1. The van der Waals surface area contributed by atoms with Crippen LogP contribution in [0, 0.1) is 0 Å². The Labute approximate surface area is 106 Å². The van der Waals surface area contributed by atoms with Crippen LogP contribution in [0.25, 0.3) is 0 Å². The molecule has 0 heterocycles. The zero-order valence-corrected chi connectivity index (χ0v) is 10.7. The van der Waals surface area contributed by atoms with E-state index in [4.69, 9.17) is 25.9 Å². The van der Waals surface area contributed by atoms with Gasteiger partial charge in [0, 0.05) is 5.02 Å². The van der Waals surface area contributed by atoms with E-state index in [-0.39, 0.29) is 0 Å². The van der Waals surface area contributed by atoms with Crippen molar-refractivity contribution in [1.29, 1.82) is 0 Å². The highest BCUT2D eigenvalue weighted by Crippen LogP contribution is 2.08. The summed E-state index contributed by atoms with van der Waals surface area (Å²) in [5.41, 5.74) is 0.890. The molecule has 0 atom stereocenters. The van der Waals surface area contributed by atoms with E-state index in [1.54, 1.807) is 18.3 Å². The Morgan fingerprint density at radius 2 is 1.76 bits per heavy atom. The van der Waals surface area contributed by atoms with Crippen LogP contribution < -0.4 is 0 Å². The van der Waals surface area contributed by atoms with E-state index < -0.39 is 6.48 Å². The molecule has 94 valence electrons. The van der Waals surface area contributed by atoms with Crippen molar-refractivity contribution in [1.82, 2.24) is 0 Å². The van der Waals surface area contributed by atoms with Gasteiger partial charge in [-0.3, -0.25) is 0 Å². The summed E-state index contributed by atoms with van der Waals surface area (Å²) in [6, 6.07) is 7.24. The van der Waals surface area contributed by atoms with E-state index in [1.165, 1.54) is 0 Å². The fourth-order valence-electron chi connectivity index (χ4n) is 1.07. The Morgan fingerprint density at radius 3 is 2.29 bits per heavy atom. The zero-order valence-electron chi connectivity index (χ0n) is 9.93. The van der Waals surface area contributed by atoms with Crippen LogP contribution >= 0.6 is 11.6 Å². The van der Waals surface area contributed by atoms with Gasteiger partial charge >= 0.3 is 6.48 Å². The van der Waals surface area contributed by atoms with E-state index in [1.807, 2.05) is 26.0 Å². The van der Waals surface area contributed by atoms with Gasteiger partial charge in [-0.2, -0.15) is 0 Å². The monoisotopic (exact) mass is 257 g/mol. The number of halogens is 1.